The third-order valence-corrected chi connectivity index (χ3v) is 2.12. The molecule has 0 aliphatic heterocycles. The predicted molar refractivity (Wildman–Crippen MR) is 79.7 cm³/mol. The van der Waals surface area contributed by atoms with Crippen LogP contribution < -0.4 is 10.6 Å². The maximum Gasteiger partial charge on any atom is 0.191 e. The Morgan fingerprint density at radius 1 is 1.40 bits per heavy atom. The second-order valence-corrected chi connectivity index (χ2v) is 3.66. The van der Waals surface area contributed by atoms with Crippen LogP contribution in [0.2, 0.25) is 0 Å². The van der Waals surface area contributed by atoms with Crippen molar-refractivity contribution in [3.8, 4) is 0 Å². The average molecular weight is 347 g/mol. The Balaban J connectivity index is 0. The zero-order valence-electron chi connectivity index (χ0n) is 9.71. The first-order valence-electron chi connectivity index (χ1n) is 4.85. The first kappa shape index (κ1) is 17.7. The number of aliphatic imine (C=N–C) groups is 1. The van der Waals surface area contributed by atoms with E-state index in [1.165, 1.54) is 0 Å². The van der Waals surface area contributed by atoms with E-state index in [0.717, 1.165) is 24.8 Å². The Bertz CT molecular complexity index is 158. The molecule has 92 valence electrons. The summed E-state index contributed by atoms with van der Waals surface area (Å²) in [6, 6.07) is 0. The molecule has 0 aliphatic carbocycles. The van der Waals surface area contributed by atoms with E-state index in [4.69, 9.17) is 4.74 Å². The number of rotatable bonds is 7. The number of hydrogen-bond acceptors (Lipinski definition) is 3. The molecule has 0 fully saturated rings. The van der Waals surface area contributed by atoms with Crippen molar-refractivity contribution in [2.24, 2.45) is 4.99 Å². The molecular weight excluding hydrogens is 325 g/mol. The van der Waals surface area contributed by atoms with Crippen molar-refractivity contribution in [2.75, 3.05) is 45.4 Å². The van der Waals surface area contributed by atoms with Crippen LogP contribution in [0, 0.1) is 0 Å². The number of ether oxygens (including phenoxy) is 1. The molecule has 0 saturated heterocycles. The second kappa shape index (κ2) is 14.3. The van der Waals surface area contributed by atoms with Crippen LogP contribution in [0.1, 0.15) is 6.92 Å². The monoisotopic (exact) mass is 347 g/mol. The Morgan fingerprint density at radius 2 is 2.13 bits per heavy atom. The van der Waals surface area contributed by atoms with E-state index < -0.39 is 0 Å². The van der Waals surface area contributed by atoms with Crippen molar-refractivity contribution in [3.63, 3.8) is 0 Å². The molecule has 4 nitrogen and oxygen atoms in total. The zero-order valence-corrected chi connectivity index (χ0v) is 12.9. The summed E-state index contributed by atoms with van der Waals surface area (Å²) < 4.78 is 4.93. The van der Waals surface area contributed by atoms with Crippen molar-refractivity contribution >= 4 is 41.7 Å². The summed E-state index contributed by atoms with van der Waals surface area (Å²) in [6.07, 6.45) is 2.09. The third kappa shape index (κ3) is 12.2. The van der Waals surface area contributed by atoms with Crippen LogP contribution in [0.3, 0.4) is 0 Å². The van der Waals surface area contributed by atoms with Gasteiger partial charge in [0.05, 0.1) is 13.2 Å². The number of thioether (sulfide) groups is 1. The molecule has 0 radical (unpaired) electrons. The molecule has 0 amide bonds. The Kier molecular flexibility index (Phi) is 16.9. The Labute approximate surface area is 114 Å². The predicted octanol–water partition coefficient (Wildman–Crippen LogP) is 1.17. The van der Waals surface area contributed by atoms with Gasteiger partial charge < -0.3 is 15.4 Å². The lowest BCUT2D eigenvalue weighted by atomic mass is 10.6. The van der Waals surface area contributed by atoms with Gasteiger partial charge in [-0.2, -0.15) is 11.8 Å². The van der Waals surface area contributed by atoms with Crippen LogP contribution in [-0.4, -0.2) is 51.3 Å². The molecule has 0 rings (SSSR count). The van der Waals surface area contributed by atoms with Crippen LogP contribution in [0.25, 0.3) is 0 Å². The van der Waals surface area contributed by atoms with Gasteiger partial charge in [0.15, 0.2) is 5.96 Å². The fourth-order valence-electron chi connectivity index (χ4n) is 0.862. The lowest BCUT2D eigenvalue weighted by molar-refractivity contribution is 0.208. The normalized spacial score (nSPS) is 10.7. The highest BCUT2D eigenvalue weighted by Gasteiger charge is 1.94. The van der Waals surface area contributed by atoms with Gasteiger partial charge in [-0.05, 0) is 13.2 Å². The highest BCUT2D eigenvalue weighted by molar-refractivity contribution is 14.0. The number of halogens is 1. The molecular formula is C9H22IN3OS. The summed E-state index contributed by atoms with van der Waals surface area (Å²) in [5.74, 6) is 1.97. The number of guanidine groups is 1. The third-order valence-electron chi connectivity index (χ3n) is 1.51. The first-order valence-corrected chi connectivity index (χ1v) is 6.24. The van der Waals surface area contributed by atoms with Crippen molar-refractivity contribution in [3.05, 3.63) is 0 Å². The fraction of sp³-hybridized carbons (Fsp3) is 0.889. The van der Waals surface area contributed by atoms with Crippen LogP contribution in [0.4, 0.5) is 0 Å². The quantitative estimate of drug-likeness (QED) is 0.314. The molecule has 0 bridgehead atoms. The van der Waals surface area contributed by atoms with E-state index in [1.807, 2.05) is 11.8 Å². The second-order valence-electron chi connectivity index (χ2n) is 2.67. The van der Waals surface area contributed by atoms with E-state index in [2.05, 4.69) is 28.8 Å². The largest absolute Gasteiger partial charge is 0.383 e. The van der Waals surface area contributed by atoms with E-state index in [-0.39, 0.29) is 24.0 Å². The lowest BCUT2D eigenvalue weighted by Gasteiger charge is -2.10. The van der Waals surface area contributed by atoms with Gasteiger partial charge in [-0.25, -0.2) is 0 Å². The number of methoxy groups -OCH3 is 1. The van der Waals surface area contributed by atoms with Gasteiger partial charge in [0, 0.05) is 26.0 Å². The van der Waals surface area contributed by atoms with Crippen LogP contribution >= 0.6 is 35.7 Å². The highest BCUT2D eigenvalue weighted by atomic mass is 127. The maximum atomic E-state index is 4.93. The van der Waals surface area contributed by atoms with Crippen LogP contribution in [0.5, 0.6) is 0 Å². The minimum Gasteiger partial charge on any atom is -0.383 e. The molecule has 15 heavy (non-hydrogen) atoms. The summed E-state index contributed by atoms with van der Waals surface area (Å²) in [5, 5.41) is 6.42. The molecule has 0 atom stereocenters. The highest BCUT2D eigenvalue weighted by Crippen LogP contribution is 1.87. The van der Waals surface area contributed by atoms with Gasteiger partial charge in [0.1, 0.15) is 0 Å². The topological polar surface area (TPSA) is 45.7 Å². The molecule has 0 spiro atoms. The molecule has 0 unspecified atom stereocenters. The standard InChI is InChI=1S/C9H21N3OS.HI/c1-4-10-9(11-5-7-13-2)12-6-8-14-3;/h4-8H2,1-3H3,(H2,10,11,12);1H. The van der Waals surface area contributed by atoms with Gasteiger partial charge in [-0.3, -0.25) is 4.99 Å². The van der Waals surface area contributed by atoms with Gasteiger partial charge in [-0.15, -0.1) is 24.0 Å². The minimum atomic E-state index is 0. The van der Waals surface area contributed by atoms with Crippen molar-refractivity contribution < 1.29 is 4.74 Å². The summed E-state index contributed by atoms with van der Waals surface area (Å²) in [7, 11) is 1.68. The zero-order chi connectivity index (χ0) is 10.6. The number of nitrogens with zero attached hydrogens (tertiary/aromatic N) is 1. The van der Waals surface area contributed by atoms with E-state index >= 15 is 0 Å². The van der Waals surface area contributed by atoms with Crippen LogP contribution in [0.15, 0.2) is 4.99 Å². The van der Waals surface area contributed by atoms with Crippen molar-refractivity contribution in [1.29, 1.82) is 0 Å². The van der Waals surface area contributed by atoms with Crippen LogP contribution in [-0.2, 0) is 4.74 Å². The molecule has 0 heterocycles. The maximum absolute atomic E-state index is 4.93. The summed E-state index contributed by atoms with van der Waals surface area (Å²) in [5.41, 5.74) is 0. The first-order chi connectivity index (χ1) is 6.85. The minimum absolute atomic E-state index is 0. The fourth-order valence-corrected chi connectivity index (χ4v) is 1.17. The van der Waals surface area contributed by atoms with Gasteiger partial charge in [0.25, 0.3) is 0 Å². The summed E-state index contributed by atoms with van der Waals surface area (Å²) in [4.78, 5) is 4.34. The molecule has 6 heteroatoms. The van der Waals surface area contributed by atoms with E-state index in [1.54, 1.807) is 7.11 Å². The smallest absolute Gasteiger partial charge is 0.191 e. The molecule has 2 N–H and O–H groups in total. The van der Waals surface area contributed by atoms with E-state index in [9.17, 15) is 0 Å². The Morgan fingerprint density at radius 3 is 2.67 bits per heavy atom. The molecule has 0 aromatic heterocycles. The molecule has 0 saturated carbocycles. The van der Waals surface area contributed by atoms with Gasteiger partial charge in [0.2, 0.25) is 0 Å². The number of nitrogens with one attached hydrogen (secondary N) is 2. The van der Waals surface area contributed by atoms with Crippen molar-refractivity contribution in [1.82, 2.24) is 10.6 Å². The molecule has 0 aromatic carbocycles. The van der Waals surface area contributed by atoms with Gasteiger partial charge >= 0.3 is 0 Å². The van der Waals surface area contributed by atoms with E-state index in [0.29, 0.717) is 13.2 Å². The SMILES string of the molecule is CCNC(=NCCOC)NCCSC.I. The Hall–Kier alpha value is 0.310. The molecule has 0 aromatic rings. The number of hydrogen-bond donors (Lipinski definition) is 2. The van der Waals surface area contributed by atoms with Gasteiger partial charge in [-0.1, -0.05) is 0 Å². The summed E-state index contributed by atoms with van der Waals surface area (Å²) in [6.45, 7) is 5.25. The van der Waals surface area contributed by atoms with Crippen molar-refractivity contribution in [2.45, 2.75) is 6.92 Å². The molecule has 0 aliphatic rings. The average Bonchev–Trinajstić information content (AvgIpc) is 2.18. The summed E-state index contributed by atoms with van der Waals surface area (Å²) >= 11 is 1.82. The lowest BCUT2D eigenvalue weighted by Crippen LogP contribution is -2.38.